The summed E-state index contributed by atoms with van der Waals surface area (Å²) in [6.45, 7) is 0. The van der Waals surface area contributed by atoms with E-state index >= 15 is 0 Å². The number of carbonyl (C=O) groups excluding carboxylic acids is 2. The van der Waals surface area contributed by atoms with Crippen LogP contribution in [0.2, 0.25) is 5.15 Å². The summed E-state index contributed by atoms with van der Waals surface area (Å²) in [4.78, 5) is 46.6. The smallest absolute Gasteiger partial charge is 0.353 e. The molecule has 2 aromatic heterocycles. The number of thioether (sulfide) groups is 1. The van der Waals surface area contributed by atoms with Gasteiger partial charge in [0.2, 0.25) is 5.91 Å². The molecule has 2 aliphatic heterocycles. The van der Waals surface area contributed by atoms with Crippen molar-refractivity contribution >= 4 is 80.7 Å². The number of anilines is 1. The summed E-state index contributed by atoms with van der Waals surface area (Å²) in [7, 11) is 0. The second kappa shape index (κ2) is 8.90. The first-order chi connectivity index (χ1) is 15.3. The molecule has 1 saturated heterocycles. The Labute approximate surface area is 197 Å². The molecular formula is C17H13ClN6O5S3. The van der Waals surface area contributed by atoms with Crippen molar-refractivity contribution in [1.29, 1.82) is 0 Å². The lowest BCUT2D eigenvalue weighted by molar-refractivity contribution is -0.146. The third-order valence-electron chi connectivity index (χ3n) is 4.50. The van der Waals surface area contributed by atoms with Crippen molar-refractivity contribution < 1.29 is 24.7 Å². The Balaban J connectivity index is 1.70. The number of β-lactam (4-membered cyclic amide) rings is 1. The fraction of sp³-hybridized carbons (Fsp3) is 0.176. The number of amides is 2. The number of nitrogen functional groups attached to an aromatic ring is 1. The number of carboxylic acid groups (broad SMARTS) is 1. The first-order valence-corrected chi connectivity index (χ1v) is 11.8. The number of nitrogens with one attached hydrogen (secondary N) is 1. The Bertz CT molecular complexity index is 1200. The van der Waals surface area contributed by atoms with Gasteiger partial charge in [0.05, 0.1) is 22.2 Å². The van der Waals surface area contributed by atoms with Gasteiger partial charge in [-0.25, -0.2) is 14.8 Å². The summed E-state index contributed by atoms with van der Waals surface area (Å²) in [5.41, 5.74) is 6.73. The van der Waals surface area contributed by atoms with Crippen LogP contribution in [-0.4, -0.2) is 59.4 Å². The van der Waals surface area contributed by atoms with E-state index in [1.54, 1.807) is 6.08 Å². The molecule has 2 aromatic rings. The summed E-state index contributed by atoms with van der Waals surface area (Å²) in [5.74, 6) is -2.44. The lowest BCUT2D eigenvalue weighted by atomic mass is 10.1. The number of hydrogen-bond donors (Lipinski definition) is 4. The molecule has 0 aliphatic carbocycles. The van der Waals surface area contributed by atoms with Gasteiger partial charge in [0, 0.05) is 11.0 Å². The highest BCUT2D eigenvalue weighted by Crippen LogP contribution is 2.43. The van der Waals surface area contributed by atoms with Crippen LogP contribution in [0.25, 0.3) is 6.08 Å². The Kier molecular flexibility index (Phi) is 6.19. The molecule has 4 heterocycles. The summed E-state index contributed by atoms with van der Waals surface area (Å²) in [6.07, 6.45) is 3.17. The molecule has 1 unspecified atom stereocenters. The number of halogens is 1. The van der Waals surface area contributed by atoms with E-state index in [1.807, 2.05) is 0 Å². The van der Waals surface area contributed by atoms with E-state index in [1.165, 1.54) is 45.0 Å². The monoisotopic (exact) mass is 512 g/mol. The molecule has 5 N–H and O–H groups in total. The van der Waals surface area contributed by atoms with E-state index < -0.39 is 22.6 Å². The normalized spacial score (nSPS) is 21.0. The van der Waals surface area contributed by atoms with Crippen molar-refractivity contribution in [2.75, 3.05) is 5.73 Å². The van der Waals surface area contributed by atoms with Crippen LogP contribution in [0, 0.1) is 0 Å². The van der Waals surface area contributed by atoms with Gasteiger partial charge in [0.1, 0.15) is 21.9 Å². The van der Waals surface area contributed by atoms with Crippen LogP contribution in [-0.2, 0) is 14.4 Å². The number of nitrogens with two attached hydrogens (primary N) is 1. The fourth-order valence-corrected chi connectivity index (χ4v) is 5.90. The summed E-state index contributed by atoms with van der Waals surface area (Å²) in [5, 5.41) is 25.4. The van der Waals surface area contributed by atoms with Gasteiger partial charge in [-0.15, -0.1) is 34.4 Å². The summed E-state index contributed by atoms with van der Waals surface area (Å²) < 4.78 is 0. The molecule has 1 fully saturated rings. The maximum Gasteiger partial charge on any atom is 0.353 e. The van der Waals surface area contributed by atoms with E-state index in [2.05, 4.69) is 20.4 Å². The number of thiazole rings is 2. The zero-order chi connectivity index (χ0) is 23.0. The molecule has 15 heteroatoms. The second-order valence-electron chi connectivity index (χ2n) is 6.38. The van der Waals surface area contributed by atoms with Gasteiger partial charge in [0.15, 0.2) is 10.8 Å². The number of carbonyl (C=O) groups is 3. The average Bonchev–Trinajstić information content (AvgIpc) is 3.34. The lowest BCUT2D eigenvalue weighted by Crippen LogP contribution is -2.57. The minimum Gasteiger partial charge on any atom is -0.477 e. The highest BCUT2D eigenvalue weighted by atomic mass is 35.5. The zero-order valence-corrected chi connectivity index (χ0v) is 19.0. The van der Waals surface area contributed by atoms with E-state index in [0.717, 1.165) is 11.3 Å². The average molecular weight is 513 g/mol. The molecule has 0 bridgehead atoms. The largest absolute Gasteiger partial charge is 0.477 e. The van der Waals surface area contributed by atoms with Crippen LogP contribution in [0.1, 0.15) is 17.0 Å². The molecule has 32 heavy (non-hydrogen) atoms. The molecule has 0 saturated carbocycles. The standard InChI is InChI=1S/C17H13ClN6O5S3/c18-13-8(31-5-20-13)2-1-6-12(16(27)28)24-9(25)3-10(24)32-15(6)22-14(26)11(23-29)7-4-30-17(19)21-7/h1-2,4-5,10,15,29H,3H2,(H2,19,21)(H,22,26)(H,27,28)/t10-,15?/m0/s1. The van der Waals surface area contributed by atoms with Gasteiger partial charge in [-0.05, 0) is 6.08 Å². The molecule has 0 radical (unpaired) electrons. The Hall–Kier alpha value is -2.94. The number of fused-ring (bicyclic) bond motifs is 1. The lowest BCUT2D eigenvalue weighted by Gasteiger charge is -2.46. The van der Waals surface area contributed by atoms with Crippen LogP contribution < -0.4 is 11.1 Å². The van der Waals surface area contributed by atoms with E-state index in [4.69, 9.17) is 17.3 Å². The first-order valence-electron chi connectivity index (χ1n) is 8.76. The first kappa shape index (κ1) is 22.3. The number of aromatic nitrogens is 2. The van der Waals surface area contributed by atoms with Gasteiger partial charge in [-0.3, -0.25) is 14.5 Å². The highest BCUT2D eigenvalue weighted by molar-refractivity contribution is 8.00. The third-order valence-corrected chi connectivity index (χ3v) is 7.72. The number of rotatable bonds is 6. The van der Waals surface area contributed by atoms with Crippen LogP contribution in [0.3, 0.4) is 0 Å². The van der Waals surface area contributed by atoms with Crippen molar-refractivity contribution in [3.05, 3.63) is 44.0 Å². The summed E-state index contributed by atoms with van der Waals surface area (Å²) >= 11 is 9.50. The summed E-state index contributed by atoms with van der Waals surface area (Å²) in [6, 6.07) is 0. The Morgan fingerprint density at radius 2 is 2.16 bits per heavy atom. The predicted octanol–water partition coefficient (Wildman–Crippen LogP) is 1.81. The van der Waals surface area contributed by atoms with E-state index in [0.29, 0.717) is 4.88 Å². The molecule has 4 rings (SSSR count). The van der Waals surface area contributed by atoms with Gasteiger partial charge in [0.25, 0.3) is 5.91 Å². The maximum atomic E-state index is 12.8. The molecule has 2 atom stereocenters. The van der Waals surface area contributed by atoms with E-state index in [9.17, 15) is 24.7 Å². The van der Waals surface area contributed by atoms with Crippen molar-refractivity contribution in [2.24, 2.45) is 5.16 Å². The number of aliphatic carboxylic acids is 1. The van der Waals surface area contributed by atoms with Gasteiger partial charge in [-0.2, -0.15) is 0 Å². The molecule has 166 valence electrons. The molecule has 2 aliphatic rings. The van der Waals surface area contributed by atoms with Gasteiger partial charge in [-0.1, -0.05) is 22.8 Å². The minimum absolute atomic E-state index is 0.0738. The highest BCUT2D eigenvalue weighted by Gasteiger charge is 2.48. The number of nitrogens with zero attached hydrogens (tertiary/aromatic N) is 4. The van der Waals surface area contributed by atoms with Crippen LogP contribution in [0.4, 0.5) is 5.13 Å². The van der Waals surface area contributed by atoms with Gasteiger partial charge < -0.3 is 21.4 Å². The maximum absolute atomic E-state index is 12.8. The molecule has 0 spiro atoms. The predicted molar refractivity (Wildman–Crippen MR) is 120 cm³/mol. The Morgan fingerprint density at radius 1 is 1.38 bits per heavy atom. The number of hydrogen-bond acceptors (Lipinski definition) is 11. The molecule has 0 aromatic carbocycles. The molecule has 11 nitrogen and oxygen atoms in total. The fourth-order valence-electron chi connectivity index (χ4n) is 3.08. The van der Waals surface area contributed by atoms with Crippen molar-refractivity contribution in [3.8, 4) is 0 Å². The quantitative estimate of drug-likeness (QED) is 0.195. The SMILES string of the molecule is Nc1nc(C(=NO)C(=O)NC2S[C@H]3CC(=O)N3C(C(=O)O)=C2C=Cc2scnc2Cl)cs1. The third kappa shape index (κ3) is 4.09. The van der Waals surface area contributed by atoms with Crippen molar-refractivity contribution in [2.45, 2.75) is 17.2 Å². The van der Waals surface area contributed by atoms with Crippen LogP contribution in [0.15, 0.2) is 33.4 Å². The van der Waals surface area contributed by atoms with Crippen molar-refractivity contribution in [3.63, 3.8) is 0 Å². The van der Waals surface area contributed by atoms with Crippen LogP contribution >= 0.6 is 46.0 Å². The Morgan fingerprint density at radius 3 is 2.72 bits per heavy atom. The molecule has 2 amide bonds. The molecular weight excluding hydrogens is 500 g/mol. The minimum atomic E-state index is -1.32. The zero-order valence-electron chi connectivity index (χ0n) is 15.8. The van der Waals surface area contributed by atoms with E-state index in [-0.39, 0.29) is 45.3 Å². The number of carboxylic acids is 1. The topological polar surface area (TPSA) is 171 Å². The number of oxime groups is 1. The second-order valence-corrected chi connectivity index (χ2v) is 9.80. The van der Waals surface area contributed by atoms with Crippen LogP contribution in [0.5, 0.6) is 0 Å². The van der Waals surface area contributed by atoms with Gasteiger partial charge >= 0.3 is 5.97 Å². The van der Waals surface area contributed by atoms with Crippen molar-refractivity contribution in [1.82, 2.24) is 20.2 Å².